The maximum atomic E-state index is 13.4. The number of carbonyl (C=O) groups is 1. The quantitative estimate of drug-likeness (QED) is 0.286. The number of hydrogen-bond acceptors (Lipinski definition) is 3. The topological polar surface area (TPSA) is 59.8 Å². The average Bonchev–Trinajstić information content (AvgIpc) is 3.29. The SMILES string of the molecule is CCc1c(C(=O)NC2CCCCC2)nn(-c2ccc(Cl)cc2Cl)c1-c1ccc(-c2ccccn2)cc1. The van der Waals surface area contributed by atoms with Crippen molar-refractivity contribution in [1.29, 1.82) is 0 Å². The highest BCUT2D eigenvalue weighted by Gasteiger charge is 2.26. The summed E-state index contributed by atoms with van der Waals surface area (Å²) in [5.74, 6) is -0.131. The van der Waals surface area contributed by atoms with Gasteiger partial charge in [0.1, 0.15) is 0 Å². The number of aromatic nitrogens is 3. The summed E-state index contributed by atoms with van der Waals surface area (Å²) in [5.41, 5.74) is 5.73. The summed E-state index contributed by atoms with van der Waals surface area (Å²) < 4.78 is 1.78. The maximum absolute atomic E-state index is 13.4. The molecule has 7 heteroatoms. The van der Waals surface area contributed by atoms with Crippen LogP contribution in [0.2, 0.25) is 10.0 Å². The van der Waals surface area contributed by atoms with Crippen LogP contribution in [0, 0.1) is 0 Å². The lowest BCUT2D eigenvalue weighted by molar-refractivity contribution is 0.0921. The van der Waals surface area contributed by atoms with Crippen molar-refractivity contribution in [1.82, 2.24) is 20.1 Å². The minimum absolute atomic E-state index is 0.131. The van der Waals surface area contributed by atoms with Crippen LogP contribution < -0.4 is 5.32 Å². The Hall–Kier alpha value is -3.15. The summed E-state index contributed by atoms with van der Waals surface area (Å²) in [7, 11) is 0. The molecule has 184 valence electrons. The molecule has 0 bridgehead atoms. The first kappa shape index (κ1) is 24.5. The molecule has 5 rings (SSSR count). The number of nitrogens with zero attached hydrogens (tertiary/aromatic N) is 3. The number of benzene rings is 2. The summed E-state index contributed by atoms with van der Waals surface area (Å²) in [5, 5.41) is 9.07. The maximum Gasteiger partial charge on any atom is 0.272 e. The van der Waals surface area contributed by atoms with E-state index in [1.165, 1.54) is 6.42 Å². The Balaban J connectivity index is 1.61. The lowest BCUT2D eigenvalue weighted by atomic mass is 9.95. The minimum Gasteiger partial charge on any atom is -0.348 e. The molecule has 0 spiro atoms. The van der Waals surface area contributed by atoms with Crippen molar-refractivity contribution in [2.45, 2.75) is 51.5 Å². The lowest BCUT2D eigenvalue weighted by Crippen LogP contribution is -2.36. The van der Waals surface area contributed by atoms with Crippen molar-refractivity contribution < 1.29 is 4.79 Å². The highest BCUT2D eigenvalue weighted by atomic mass is 35.5. The van der Waals surface area contributed by atoms with Gasteiger partial charge in [0, 0.05) is 34.0 Å². The van der Waals surface area contributed by atoms with Crippen LogP contribution in [-0.2, 0) is 6.42 Å². The van der Waals surface area contributed by atoms with Gasteiger partial charge in [-0.3, -0.25) is 9.78 Å². The minimum atomic E-state index is -0.131. The van der Waals surface area contributed by atoms with Gasteiger partial charge in [0.25, 0.3) is 5.91 Å². The zero-order valence-electron chi connectivity index (χ0n) is 20.2. The summed E-state index contributed by atoms with van der Waals surface area (Å²) in [6.45, 7) is 2.05. The van der Waals surface area contributed by atoms with E-state index in [1.54, 1.807) is 23.0 Å². The van der Waals surface area contributed by atoms with Crippen LogP contribution in [0.3, 0.4) is 0 Å². The van der Waals surface area contributed by atoms with E-state index in [0.29, 0.717) is 27.8 Å². The van der Waals surface area contributed by atoms with Gasteiger partial charge in [-0.25, -0.2) is 4.68 Å². The fraction of sp³-hybridized carbons (Fsp3) is 0.276. The van der Waals surface area contributed by atoms with Crippen LogP contribution in [0.4, 0.5) is 0 Å². The Labute approximate surface area is 221 Å². The molecule has 0 saturated heterocycles. The Morgan fingerprint density at radius 2 is 1.75 bits per heavy atom. The fourth-order valence-electron chi connectivity index (χ4n) is 4.92. The number of carbonyl (C=O) groups excluding carboxylic acids is 1. The van der Waals surface area contributed by atoms with E-state index >= 15 is 0 Å². The number of halogens is 2. The van der Waals surface area contributed by atoms with Crippen LogP contribution in [0.5, 0.6) is 0 Å². The number of rotatable bonds is 6. The van der Waals surface area contributed by atoms with Gasteiger partial charge in [0.15, 0.2) is 5.69 Å². The van der Waals surface area contributed by atoms with Crippen molar-refractivity contribution in [2.24, 2.45) is 0 Å². The largest absolute Gasteiger partial charge is 0.348 e. The molecule has 1 saturated carbocycles. The molecular formula is C29H28Cl2N4O. The molecule has 1 amide bonds. The molecule has 0 unspecified atom stereocenters. The van der Waals surface area contributed by atoms with Gasteiger partial charge in [-0.05, 0) is 49.6 Å². The van der Waals surface area contributed by atoms with Crippen LogP contribution in [0.1, 0.15) is 55.1 Å². The number of pyridine rings is 1. The second kappa shape index (κ2) is 10.9. The molecule has 0 aliphatic heterocycles. The summed E-state index contributed by atoms with van der Waals surface area (Å²) in [6, 6.07) is 19.5. The molecule has 1 aliphatic rings. The van der Waals surface area contributed by atoms with Gasteiger partial charge in [-0.15, -0.1) is 0 Å². The predicted octanol–water partition coefficient (Wildman–Crippen LogP) is 7.53. The Bertz CT molecular complexity index is 1360. The van der Waals surface area contributed by atoms with Gasteiger partial charge in [0.05, 0.1) is 22.1 Å². The van der Waals surface area contributed by atoms with E-state index in [1.807, 2.05) is 55.5 Å². The van der Waals surface area contributed by atoms with E-state index in [-0.39, 0.29) is 11.9 Å². The zero-order chi connectivity index (χ0) is 25.1. The first-order valence-electron chi connectivity index (χ1n) is 12.4. The first-order chi connectivity index (χ1) is 17.5. The molecule has 4 aromatic rings. The third-order valence-corrected chi connectivity index (χ3v) is 7.29. The molecule has 36 heavy (non-hydrogen) atoms. The van der Waals surface area contributed by atoms with Crippen LogP contribution >= 0.6 is 23.2 Å². The molecule has 2 aromatic carbocycles. The first-order valence-corrected chi connectivity index (χ1v) is 13.2. The molecule has 0 radical (unpaired) electrons. The van der Waals surface area contributed by atoms with Crippen LogP contribution in [0.25, 0.3) is 28.2 Å². The average molecular weight is 519 g/mol. The highest BCUT2D eigenvalue weighted by molar-refractivity contribution is 6.35. The van der Waals surface area contributed by atoms with Crippen molar-refractivity contribution in [3.05, 3.63) is 88.2 Å². The highest BCUT2D eigenvalue weighted by Crippen LogP contribution is 2.34. The van der Waals surface area contributed by atoms with Gasteiger partial charge in [-0.1, -0.05) is 79.7 Å². The Morgan fingerprint density at radius 1 is 1.00 bits per heavy atom. The van der Waals surface area contributed by atoms with E-state index < -0.39 is 0 Å². The smallest absolute Gasteiger partial charge is 0.272 e. The molecule has 5 nitrogen and oxygen atoms in total. The van der Waals surface area contributed by atoms with E-state index in [2.05, 4.69) is 10.3 Å². The third kappa shape index (κ3) is 5.04. The fourth-order valence-corrected chi connectivity index (χ4v) is 5.41. The van der Waals surface area contributed by atoms with Gasteiger partial charge in [-0.2, -0.15) is 5.10 Å². The molecule has 1 N–H and O–H groups in total. The van der Waals surface area contributed by atoms with Crippen molar-refractivity contribution >= 4 is 29.1 Å². The molecule has 2 aromatic heterocycles. The van der Waals surface area contributed by atoms with E-state index in [0.717, 1.165) is 53.8 Å². The zero-order valence-corrected chi connectivity index (χ0v) is 21.7. The van der Waals surface area contributed by atoms with Crippen LogP contribution in [-0.4, -0.2) is 26.7 Å². The molecular weight excluding hydrogens is 491 g/mol. The number of hydrogen-bond donors (Lipinski definition) is 1. The molecule has 1 fully saturated rings. The van der Waals surface area contributed by atoms with Gasteiger partial charge < -0.3 is 5.32 Å². The third-order valence-electron chi connectivity index (χ3n) is 6.75. The normalized spacial score (nSPS) is 14.1. The summed E-state index contributed by atoms with van der Waals surface area (Å²) in [4.78, 5) is 17.9. The standard InChI is InChI=1S/C29H28Cl2N4O/c1-2-23-27(29(36)33-22-8-4-3-5-9-22)34-35(26-16-15-21(30)18-24(26)31)28(23)20-13-11-19(12-14-20)25-10-6-7-17-32-25/h6-7,10-18,22H,2-5,8-9H2,1H3,(H,33,36). The van der Waals surface area contributed by atoms with Gasteiger partial charge in [0.2, 0.25) is 0 Å². The lowest BCUT2D eigenvalue weighted by Gasteiger charge is -2.22. The molecule has 1 aliphatic carbocycles. The summed E-state index contributed by atoms with van der Waals surface area (Å²) >= 11 is 12.8. The second-order valence-corrected chi connectivity index (χ2v) is 9.98. The Kier molecular flexibility index (Phi) is 7.40. The van der Waals surface area contributed by atoms with E-state index in [9.17, 15) is 4.79 Å². The number of amides is 1. The van der Waals surface area contributed by atoms with Crippen molar-refractivity contribution in [3.63, 3.8) is 0 Å². The van der Waals surface area contributed by atoms with Crippen LogP contribution in [0.15, 0.2) is 66.9 Å². The van der Waals surface area contributed by atoms with E-state index in [4.69, 9.17) is 28.3 Å². The molecule has 0 atom stereocenters. The second-order valence-electron chi connectivity index (χ2n) is 9.14. The molecule has 2 heterocycles. The van der Waals surface area contributed by atoms with Crippen molar-refractivity contribution in [2.75, 3.05) is 0 Å². The monoisotopic (exact) mass is 518 g/mol. The van der Waals surface area contributed by atoms with Gasteiger partial charge >= 0.3 is 0 Å². The number of nitrogens with one attached hydrogen (secondary N) is 1. The summed E-state index contributed by atoms with van der Waals surface area (Å²) in [6.07, 6.45) is 7.98. The predicted molar refractivity (Wildman–Crippen MR) is 146 cm³/mol. The van der Waals surface area contributed by atoms with Crippen molar-refractivity contribution in [3.8, 4) is 28.2 Å². The Morgan fingerprint density at radius 3 is 2.42 bits per heavy atom.